The molecule has 5 heteroatoms. The summed E-state index contributed by atoms with van der Waals surface area (Å²) in [6.45, 7) is 4.48. The highest BCUT2D eigenvalue weighted by Gasteiger charge is 2.06. The van der Waals surface area contributed by atoms with Crippen LogP contribution in [0.25, 0.3) is 0 Å². The zero-order valence-electron chi connectivity index (χ0n) is 7.56. The summed E-state index contributed by atoms with van der Waals surface area (Å²) in [5, 5.41) is 11.6. The lowest BCUT2D eigenvalue weighted by molar-refractivity contribution is 0.300. The zero-order chi connectivity index (χ0) is 9.26. The van der Waals surface area contributed by atoms with E-state index in [1.165, 1.54) is 0 Å². The van der Waals surface area contributed by atoms with Gasteiger partial charge in [-0.3, -0.25) is 4.68 Å². The minimum absolute atomic E-state index is 0.619. The lowest BCUT2D eigenvalue weighted by atomic mass is 10.3. The first-order valence-corrected chi connectivity index (χ1v) is 4.04. The van der Waals surface area contributed by atoms with E-state index in [1.807, 2.05) is 24.6 Å². The van der Waals surface area contributed by atoms with Gasteiger partial charge in [-0.25, -0.2) is 4.63 Å². The van der Waals surface area contributed by atoms with Crippen molar-refractivity contribution in [3.63, 3.8) is 0 Å². The summed E-state index contributed by atoms with van der Waals surface area (Å²) in [4.78, 5) is 0. The highest BCUT2D eigenvalue weighted by atomic mass is 16.6. The number of aryl methyl sites for hydroxylation is 2. The van der Waals surface area contributed by atoms with Gasteiger partial charge in [0, 0.05) is 11.9 Å². The highest BCUT2D eigenvalue weighted by Crippen LogP contribution is 2.04. The molecule has 0 fully saturated rings. The Morgan fingerprint density at radius 3 is 2.77 bits per heavy atom. The van der Waals surface area contributed by atoms with Crippen LogP contribution in [0.3, 0.4) is 0 Å². The Morgan fingerprint density at radius 2 is 2.23 bits per heavy atom. The molecule has 0 atom stereocenters. The van der Waals surface area contributed by atoms with Gasteiger partial charge in [-0.1, -0.05) is 10.3 Å². The highest BCUT2D eigenvalue weighted by molar-refractivity contribution is 5.07. The van der Waals surface area contributed by atoms with E-state index in [2.05, 4.69) is 20.0 Å². The molecule has 2 aromatic rings. The van der Waals surface area contributed by atoms with Crippen molar-refractivity contribution in [1.29, 1.82) is 0 Å². The average Bonchev–Trinajstić information content (AvgIpc) is 2.65. The van der Waals surface area contributed by atoms with Crippen LogP contribution in [0.1, 0.15) is 17.1 Å². The van der Waals surface area contributed by atoms with Crippen molar-refractivity contribution < 1.29 is 4.63 Å². The second kappa shape index (κ2) is 3.01. The van der Waals surface area contributed by atoms with Gasteiger partial charge >= 0.3 is 0 Å². The van der Waals surface area contributed by atoms with Crippen molar-refractivity contribution in [1.82, 2.24) is 20.1 Å². The minimum atomic E-state index is 0.619. The summed E-state index contributed by atoms with van der Waals surface area (Å²) in [6.07, 6.45) is 1.76. The maximum atomic E-state index is 4.59. The summed E-state index contributed by atoms with van der Waals surface area (Å²) in [5.74, 6) is 0. The second-order valence-electron chi connectivity index (χ2n) is 2.93. The van der Waals surface area contributed by atoms with E-state index in [0.29, 0.717) is 6.54 Å². The Morgan fingerprint density at radius 1 is 1.38 bits per heavy atom. The number of nitrogens with zero attached hydrogens (tertiary/aromatic N) is 4. The fourth-order valence-electron chi connectivity index (χ4n) is 1.10. The van der Waals surface area contributed by atoms with Crippen LogP contribution >= 0.6 is 0 Å². The predicted molar refractivity (Wildman–Crippen MR) is 45.1 cm³/mol. The van der Waals surface area contributed by atoms with Gasteiger partial charge in [-0.05, 0) is 19.9 Å². The predicted octanol–water partition coefficient (Wildman–Crippen LogP) is 0.931. The third-order valence-corrected chi connectivity index (χ3v) is 1.97. The van der Waals surface area contributed by atoms with Gasteiger partial charge in [-0.15, -0.1) is 0 Å². The molecule has 2 rings (SSSR count). The quantitative estimate of drug-likeness (QED) is 0.686. The van der Waals surface area contributed by atoms with Crippen molar-refractivity contribution in [2.24, 2.45) is 0 Å². The number of rotatable bonds is 2. The maximum absolute atomic E-state index is 4.59. The molecule has 0 bridgehead atoms. The van der Waals surface area contributed by atoms with E-state index >= 15 is 0 Å². The van der Waals surface area contributed by atoms with E-state index in [-0.39, 0.29) is 0 Å². The molecule has 0 unspecified atom stereocenters. The topological polar surface area (TPSA) is 56.7 Å². The first-order chi connectivity index (χ1) is 6.27. The number of hydrogen-bond acceptors (Lipinski definition) is 4. The SMILES string of the molecule is Cc1nonc1Cn1nccc1C. The Kier molecular flexibility index (Phi) is 1.84. The molecular weight excluding hydrogens is 168 g/mol. The molecule has 68 valence electrons. The van der Waals surface area contributed by atoms with Crippen LogP contribution in [0, 0.1) is 13.8 Å². The first kappa shape index (κ1) is 7.97. The van der Waals surface area contributed by atoms with Gasteiger partial charge in [0.15, 0.2) is 0 Å². The molecule has 2 heterocycles. The van der Waals surface area contributed by atoms with Crippen molar-refractivity contribution >= 4 is 0 Å². The van der Waals surface area contributed by atoms with E-state index in [1.54, 1.807) is 6.20 Å². The molecule has 0 aromatic carbocycles. The number of hydrogen-bond donors (Lipinski definition) is 0. The van der Waals surface area contributed by atoms with Gasteiger partial charge in [0.1, 0.15) is 11.4 Å². The van der Waals surface area contributed by atoms with Crippen molar-refractivity contribution in [2.45, 2.75) is 20.4 Å². The summed E-state index contributed by atoms with van der Waals surface area (Å²) >= 11 is 0. The van der Waals surface area contributed by atoms with E-state index in [9.17, 15) is 0 Å². The molecule has 2 aromatic heterocycles. The maximum Gasteiger partial charge on any atom is 0.129 e. The molecule has 13 heavy (non-hydrogen) atoms. The summed E-state index contributed by atoms with van der Waals surface area (Å²) in [6, 6.07) is 1.95. The summed E-state index contributed by atoms with van der Waals surface area (Å²) in [5.41, 5.74) is 2.74. The van der Waals surface area contributed by atoms with E-state index in [0.717, 1.165) is 17.1 Å². The summed E-state index contributed by atoms with van der Waals surface area (Å²) in [7, 11) is 0. The third-order valence-electron chi connectivity index (χ3n) is 1.97. The molecule has 0 aliphatic rings. The fourth-order valence-corrected chi connectivity index (χ4v) is 1.10. The van der Waals surface area contributed by atoms with Gasteiger partial charge in [0.2, 0.25) is 0 Å². The van der Waals surface area contributed by atoms with E-state index < -0.39 is 0 Å². The molecule has 0 radical (unpaired) electrons. The van der Waals surface area contributed by atoms with Crippen LogP contribution < -0.4 is 0 Å². The molecular formula is C8H10N4O. The van der Waals surface area contributed by atoms with Gasteiger partial charge < -0.3 is 0 Å². The number of aromatic nitrogens is 4. The molecule has 0 saturated heterocycles. The van der Waals surface area contributed by atoms with Crippen LogP contribution in [0.4, 0.5) is 0 Å². The van der Waals surface area contributed by atoms with Crippen LogP contribution in [0.5, 0.6) is 0 Å². The van der Waals surface area contributed by atoms with Crippen molar-refractivity contribution in [3.8, 4) is 0 Å². The monoisotopic (exact) mass is 178 g/mol. The van der Waals surface area contributed by atoms with Gasteiger partial charge in [0.05, 0.1) is 6.54 Å². The Balaban J connectivity index is 2.24. The Labute approximate surface area is 75.3 Å². The molecule has 0 saturated carbocycles. The third kappa shape index (κ3) is 1.44. The smallest absolute Gasteiger partial charge is 0.129 e. The van der Waals surface area contributed by atoms with Crippen LogP contribution in [-0.4, -0.2) is 20.1 Å². The summed E-state index contributed by atoms with van der Waals surface area (Å²) < 4.78 is 6.45. The largest absolute Gasteiger partial charge is 0.264 e. The molecule has 5 nitrogen and oxygen atoms in total. The second-order valence-corrected chi connectivity index (χ2v) is 2.93. The average molecular weight is 178 g/mol. The minimum Gasteiger partial charge on any atom is -0.264 e. The molecule has 0 aliphatic carbocycles. The standard InChI is InChI=1S/C8H10N4O/c1-6-3-4-9-12(6)5-8-7(2)10-13-11-8/h3-4H,5H2,1-2H3. The molecule has 0 amide bonds. The zero-order valence-corrected chi connectivity index (χ0v) is 7.56. The molecule has 0 aliphatic heterocycles. The van der Waals surface area contributed by atoms with Crippen molar-refractivity contribution in [3.05, 3.63) is 29.3 Å². The fraction of sp³-hybridized carbons (Fsp3) is 0.375. The van der Waals surface area contributed by atoms with Crippen molar-refractivity contribution in [2.75, 3.05) is 0 Å². The van der Waals surface area contributed by atoms with Crippen LogP contribution in [0.15, 0.2) is 16.9 Å². The van der Waals surface area contributed by atoms with E-state index in [4.69, 9.17) is 0 Å². The van der Waals surface area contributed by atoms with Gasteiger partial charge in [0.25, 0.3) is 0 Å². The first-order valence-electron chi connectivity index (χ1n) is 4.04. The molecule has 0 N–H and O–H groups in total. The van der Waals surface area contributed by atoms with Crippen LogP contribution in [0.2, 0.25) is 0 Å². The lowest BCUT2D eigenvalue weighted by Crippen LogP contribution is -2.04. The Bertz CT molecular complexity index is 365. The Hall–Kier alpha value is -1.65. The normalized spacial score (nSPS) is 10.6. The lowest BCUT2D eigenvalue weighted by Gasteiger charge is -1.99. The van der Waals surface area contributed by atoms with Crippen LogP contribution in [-0.2, 0) is 6.54 Å². The molecule has 0 spiro atoms. The van der Waals surface area contributed by atoms with Gasteiger partial charge in [-0.2, -0.15) is 5.10 Å².